The third-order valence-corrected chi connectivity index (χ3v) is 3.31. The van der Waals surface area contributed by atoms with Gasteiger partial charge in [0.05, 0.1) is 0 Å². The number of benzene rings is 2. The number of carbonyl (C=O) groups is 1. The monoisotopic (exact) mass is 271 g/mol. The van der Waals surface area contributed by atoms with E-state index >= 15 is 0 Å². The van der Waals surface area contributed by atoms with E-state index in [4.69, 9.17) is 0 Å². The molecule has 0 heterocycles. The van der Waals surface area contributed by atoms with Gasteiger partial charge in [-0.15, -0.1) is 0 Å². The fraction of sp³-hybridized carbons (Fsp3) is 0.235. The Morgan fingerprint density at radius 3 is 2.35 bits per heavy atom. The Labute approximate surface area is 118 Å². The first-order valence-electron chi connectivity index (χ1n) is 6.72. The predicted molar refractivity (Wildman–Crippen MR) is 78.1 cm³/mol. The maximum Gasteiger partial charge on any atom is 0.251 e. The summed E-state index contributed by atoms with van der Waals surface area (Å²) in [6.45, 7) is 4.11. The lowest BCUT2D eigenvalue weighted by Gasteiger charge is -2.07. The van der Waals surface area contributed by atoms with Crippen LogP contribution in [-0.2, 0) is 13.0 Å². The summed E-state index contributed by atoms with van der Waals surface area (Å²) in [6.07, 6.45) is 0.949. The Hall–Kier alpha value is -2.16. The Kier molecular flexibility index (Phi) is 4.51. The van der Waals surface area contributed by atoms with E-state index in [2.05, 4.69) is 12.2 Å². The molecule has 1 N–H and O–H groups in total. The van der Waals surface area contributed by atoms with Crippen LogP contribution in [0, 0.1) is 12.7 Å². The minimum Gasteiger partial charge on any atom is -0.348 e. The topological polar surface area (TPSA) is 29.1 Å². The first-order valence-corrected chi connectivity index (χ1v) is 6.72. The standard InChI is InChI=1S/C17H18FNO/c1-3-13-6-8-15(9-7-13)17(20)19-11-14-5-4-12(2)16(18)10-14/h4-10H,3,11H2,1-2H3,(H,19,20). The van der Waals surface area contributed by atoms with Crippen molar-refractivity contribution in [2.24, 2.45) is 0 Å². The fourth-order valence-corrected chi connectivity index (χ4v) is 1.92. The van der Waals surface area contributed by atoms with Gasteiger partial charge in [-0.25, -0.2) is 4.39 Å². The van der Waals surface area contributed by atoms with Crippen molar-refractivity contribution in [2.45, 2.75) is 26.8 Å². The van der Waals surface area contributed by atoms with E-state index in [0.717, 1.165) is 12.0 Å². The second-order valence-electron chi connectivity index (χ2n) is 4.82. The average molecular weight is 271 g/mol. The van der Waals surface area contributed by atoms with Gasteiger partial charge in [-0.2, -0.15) is 0 Å². The van der Waals surface area contributed by atoms with Gasteiger partial charge in [0.1, 0.15) is 5.82 Å². The molecule has 0 bridgehead atoms. The van der Waals surface area contributed by atoms with E-state index in [-0.39, 0.29) is 11.7 Å². The van der Waals surface area contributed by atoms with Gasteiger partial charge in [-0.05, 0) is 48.2 Å². The largest absolute Gasteiger partial charge is 0.348 e. The number of rotatable bonds is 4. The van der Waals surface area contributed by atoms with Crippen molar-refractivity contribution in [1.29, 1.82) is 0 Å². The molecule has 20 heavy (non-hydrogen) atoms. The molecule has 2 nitrogen and oxygen atoms in total. The molecule has 0 aliphatic carbocycles. The minimum atomic E-state index is -0.246. The Balaban J connectivity index is 1.98. The number of carbonyl (C=O) groups excluding carboxylic acids is 1. The van der Waals surface area contributed by atoms with Gasteiger partial charge in [0, 0.05) is 12.1 Å². The lowest BCUT2D eigenvalue weighted by molar-refractivity contribution is 0.0951. The van der Waals surface area contributed by atoms with Crippen molar-refractivity contribution in [1.82, 2.24) is 5.32 Å². The molecule has 3 heteroatoms. The van der Waals surface area contributed by atoms with Gasteiger partial charge in [0.25, 0.3) is 5.91 Å². The van der Waals surface area contributed by atoms with Crippen LogP contribution in [-0.4, -0.2) is 5.91 Å². The van der Waals surface area contributed by atoms with Crippen LogP contribution in [0.4, 0.5) is 4.39 Å². The highest BCUT2D eigenvalue weighted by atomic mass is 19.1. The van der Waals surface area contributed by atoms with Gasteiger partial charge < -0.3 is 5.32 Å². The third-order valence-electron chi connectivity index (χ3n) is 3.31. The van der Waals surface area contributed by atoms with E-state index in [9.17, 15) is 9.18 Å². The number of nitrogens with one attached hydrogen (secondary N) is 1. The van der Waals surface area contributed by atoms with Crippen molar-refractivity contribution in [3.63, 3.8) is 0 Å². The van der Waals surface area contributed by atoms with Gasteiger partial charge in [-0.1, -0.05) is 31.2 Å². The number of hydrogen-bond acceptors (Lipinski definition) is 1. The third kappa shape index (κ3) is 3.44. The van der Waals surface area contributed by atoms with E-state index < -0.39 is 0 Å². The van der Waals surface area contributed by atoms with E-state index in [0.29, 0.717) is 17.7 Å². The molecular formula is C17H18FNO. The zero-order chi connectivity index (χ0) is 14.5. The van der Waals surface area contributed by atoms with Crippen LogP contribution >= 0.6 is 0 Å². The zero-order valence-corrected chi connectivity index (χ0v) is 11.7. The highest BCUT2D eigenvalue weighted by Gasteiger charge is 2.06. The van der Waals surface area contributed by atoms with Crippen LogP contribution in [0.25, 0.3) is 0 Å². The minimum absolute atomic E-state index is 0.145. The summed E-state index contributed by atoms with van der Waals surface area (Å²) in [6, 6.07) is 12.5. The maximum atomic E-state index is 13.4. The van der Waals surface area contributed by atoms with Gasteiger partial charge >= 0.3 is 0 Å². The molecule has 0 aliphatic heterocycles. The number of hydrogen-bond donors (Lipinski definition) is 1. The van der Waals surface area contributed by atoms with E-state index in [1.54, 1.807) is 13.0 Å². The Morgan fingerprint density at radius 1 is 1.10 bits per heavy atom. The van der Waals surface area contributed by atoms with E-state index in [1.807, 2.05) is 30.3 Å². The molecular weight excluding hydrogens is 253 g/mol. The molecule has 0 spiro atoms. The molecule has 0 fully saturated rings. The van der Waals surface area contributed by atoms with Crippen LogP contribution in [0.3, 0.4) is 0 Å². The summed E-state index contributed by atoms with van der Waals surface area (Å²) >= 11 is 0. The van der Waals surface area contributed by atoms with E-state index in [1.165, 1.54) is 11.6 Å². The molecule has 104 valence electrons. The van der Waals surface area contributed by atoms with Crippen LogP contribution in [0.1, 0.15) is 34.0 Å². The van der Waals surface area contributed by atoms with Crippen molar-refractivity contribution >= 4 is 5.91 Å². The zero-order valence-electron chi connectivity index (χ0n) is 11.7. The highest BCUT2D eigenvalue weighted by Crippen LogP contribution is 2.10. The van der Waals surface area contributed by atoms with Crippen LogP contribution < -0.4 is 5.32 Å². The molecule has 0 aromatic heterocycles. The number of aryl methyl sites for hydroxylation is 2. The smallest absolute Gasteiger partial charge is 0.251 e. The van der Waals surface area contributed by atoms with Crippen molar-refractivity contribution < 1.29 is 9.18 Å². The molecule has 0 unspecified atom stereocenters. The molecule has 0 atom stereocenters. The molecule has 2 rings (SSSR count). The lowest BCUT2D eigenvalue weighted by Crippen LogP contribution is -2.22. The molecule has 2 aromatic carbocycles. The number of halogens is 1. The molecule has 2 aromatic rings. The van der Waals surface area contributed by atoms with Gasteiger partial charge in [-0.3, -0.25) is 4.79 Å². The maximum absolute atomic E-state index is 13.4. The van der Waals surface area contributed by atoms with Crippen LogP contribution in [0.2, 0.25) is 0 Å². The van der Waals surface area contributed by atoms with Gasteiger partial charge in [0.15, 0.2) is 0 Å². The molecule has 0 saturated heterocycles. The highest BCUT2D eigenvalue weighted by molar-refractivity contribution is 5.94. The normalized spacial score (nSPS) is 10.3. The average Bonchev–Trinajstić information content (AvgIpc) is 2.48. The second-order valence-corrected chi connectivity index (χ2v) is 4.82. The molecule has 1 amide bonds. The molecule has 0 radical (unpaired) electrons. The Morgan fingerprint density at radius 2 is 1.75 bits per heavy atom. The summed E-state index contributed by atoms with van der Waals surface area (Å²) in [5.41, 5.74) is 3.18. The quantitative estimate of drug-likeness (QED) is 0.904. The summed E-state index contributed by atoms with van der Waals surface area (Å²) in [4.78, 5) is 12.0. The predicted octanol–water partition coefficient (Wildman–Crippen LogP) is 3.63. The van der Waals surface area contributed by atoms with Crippen molar-refractivity contribution in [3.8, 4) is 0 Å². The summed E-state index contributed by atoms with van der Waals surface area (Å²) in [5.74, 6) is -0.391. The van der Waals surface area contributed by atoms with Crippen LogP contribution in [0.5, 0.6) is 0 Å². The molecule has 0 saturated carbocycles. The number of amides is 1. The summed E-state index contributed by atoms with van der Waals surface area (Å²) in [7, 11) is 0. The van der Waals surface area contributed by atoms with Gasteiger partial charge in [0.2, 0.25) is 0 Å². The summed E-state index contributed by atoms with van der Waals surface area (Å²) in [5, 5.41) is 2.79. The second kappa shape index (κ2) is 6.33. The first-order chi connectivity index (χ1) is 9.60. The Bertz CT molecular complexity index is 605. The lowest BCUT2D eigenvalue weighted by atomic mass is 10.1. The molecule has 0 aliphatic rings. The fourth-order valence-electron chi connectivity index (χ4n) is 1.92. The van der Waals surface area contributed by atoms with Crippen molar-refractivity contribution in [3.05, 3.63) is 70.5 Å². The van der Waals surface area contributed by atoms with Crippen LogP contribution in [0.15, 0.2) is 42.5 Å². The summed E-state index contributed by atoms with van der Waals surface area (Å²) < 4.78 is 13.4. The SMILES string of the molecule is CCc1ccc(C(=O)NCc2ccc(C)c(F)c2)cc1. The van der Waals surface area contributed by atoms with Crippen molar-refractivity contribution in [2.75, 3.05) is 0 Å². The first kappa shape index (κ1) is 14.3.